The molecule has 6 heteroatoms. The third kappa shape index (κ3) is 3.01. The Kier molecular flexibility index (Phi) is 3.83. The van der Waals surface area contributed by atoms with Crippen LogP contribution in [-0.2, 0) is 4.84 Å². The maximum atomic E-state index is 11.7. The lowest BCUT2D eigenvalue weighted by atomic mass is 10.1. The van der Waals surface area contributed by atoms with E-state index in [1.54, 1.807) is 42.5 Å². The van der Waals surface area contributed by atoms with E-state index in [1.165, 1.54) is 0 Å². The molecule has 6 nitrogen and oxygen atoms in total. The van der Waals surface area contributed by atoms with Crippen molar-refractivity contribution in [3.05, 3.63) is 53.4 Å². The molecule has 1 aliphatic rings. The first-order valence-corrected chi connectivity index (χ1v) is 5.43. The first kappa shape index (κ1) is 12.4. The van der Waals surface area contributed by atoms with Crippen LogP contribution in [0.5, 0.6) is 5.75 Å². The van der Waals surface area contributed by atoms with Crippen molar-refractivity contribution in [2.24, 2.45) is 5.90 Å². The fourth-order valence-corrected chi connectivity index (χ4v) is 1.50. The molecule has 1 aromatic rings. The molecule has 18 heavy (non-hydrogen) atoms. The SMILES string of the molecule is NOC1C=CC(N([O-])Oc2ccc(N)cc2)=CC1. The van der Waals surface area contributed by atoms with Gasteiger partial charge in [-0.3, -0.25) is 10.1 Å². The molecule has 1 unspecified atom stereocenters. The highest BCUT2D eigenvalue weighted by atomic mass is 16.9. The zero-order chi connectivity index (χ0) is 13.0. The van der Waals surface area contributed by atoms with E-state index in [1.807, 2.05) is 0 Å². The summed E-state index contributed by atoms with van der Waals surface area (Å²) in [6.07, 6.45) is 5.34. The van der Waals surface area contributed by atoms with Crippen molar-refractivity contribution in [2.45, 2.75) is 12.5 Å². The lowest BCUT2D eigenvalue weighted by molar-refractivity contribution is 0.0318. The van der Waals surface area contributed by atoms with Crippen LogP contribution in [0.2, 0.25) is 0 Å². The number of nitrogens with two attached hydrogens (primary N) is 2. The normalized spacial score (nSPS) is 18.3. The van der Waals surface area contributed by atoms with Gasteiger partial charge in [-0.25, -0.2) is 5.90 Å². The molecular weight excluding hydrogens is 234 g/mol. The van der Waals surface area contributed by atoms with E-state index in [2.05, 4.69) is 4.84 Å². The van der Waals surface area contributed by atoms with E-state index in [-0.39, 0.29) is 6.10 Å². The summed E-state index contributed by atoms with van der Waals surface area (Å²) in [5, 5.41) is 12.2. The van der Waals surface area contributed by atoms with Gasteiger partial charge in [-0.1, -0.05) is 12.2 Å². The quantitative estimate of drug-likeness (QED) is 0.618. The molecule has 0 radical (unpaired) electrons. The number of rotatable bonds is 4. The molecule has 4 N–H and O–H groups in total. The van der Waals surface area contributed by atoms with Crippen molar-refractivity contribution in [1.82, 2.24) is 5.23 Å². The summed E-state index contributed by atoms with van der Waals surface area (Å²) < 4.78 is 0. The highest BCUT2D eigenvalue weighted by Crippen LogP contribution is 2.19. The maximum Gasteiger partial charge on any atom is 0.154 e. The van der Waals surface area contributed by atoms with Crippen LogP contribution in [0.15, 0.2) is 48.2 Å². The van der Waals surface area contributed by atoms with Crippen molar-refractivity contribution < 1.29 is 9.68 Å². The Bertz CT molecular complexity index is 456. The zero-order valence-corrected chi connectivity index (χ0v) is 9.65. The van der Waals surface area contributed by atoms with Crippen molar-refractivity contribution in [3.63, 3.8) is 0 Å². The third-order valence-electron chi connectivity index (χ3n) is 2.49. The molecular formula is C12H14N3O3-. The summed E-state index contributed by atoms with van der Waals surface area (Å²) in [6.45, 7) is 0. The molecule has 2 rings (SSSR count). The molecule has 1 aromatic carbocycles. The number of anilines is 1. The Hall–Kier alpha value is -2.02. The van der Waals surface area contributed by atoms with Gasteiger partial charge in [-0.05, 0) is 36.8 Å². The number of nitrogen functional groups attached to an aromatic ring is 1. The second-order valence-corrected chi connectivity index (χ2v) is 3.82. The molecule has 0 aromatic heterocycles. The van der Waals surface area contributed by atoms with E-state index in [9.17, 15) is 5.21 Å². The Balaban J connectivity index is 1.96. The Labute approximate surface area is 105 Å². The fraction of sp³-hybridized carbons (Fsp3) is 0.167. The summed E-state index contributed by atoms with van der Waals surface area (Å²) in [4.78, 5) is 9.75. The van der Waals surface area contributed by atoms with Crippen molar-refractivity contribution in [3.8, 4) is 5.75 Å². The van der Waals surface area contributed by atoms with Crippen LogP contribution in [-0.4, -0.2) is 11.3 Å². The number of hydroxylamine groups is 2. The van der Waals surface area contributed by atoms with Crippen LogP contribution in [0.1, 0.15) is 6.42 Å². The largest absolute Gasteiger partial charge is 0.724 e. The van der Waals surface area contributed by atoms with Gasteiger partial charge in [0.1, 0.15) is 6.10 Å². The van der Waals surface area contributed by atoms with Gasteiger partial charge >= 0.3 is 0 Å². The molecule has 0 aliphatic heterocycles. The Morgan fingerprint density at radius 3 is 2.56 bits per heavy atom. The highest BCUT2D eigenvalue weighted by Gasteiger charge is 2.09. The summed E-state index contributed by atoms with van der Waals surface area (Å²) in [6, 6.07) is 6.57. The summed E-state index contributed by atoms with van der Waals surface area (Å²) in [5.74, 6) is 5.47. The minimum absolute atomic E-state index is 0.196. The number of nitrogens with zero attached hydrogens (tertiary/aromatic N) is 1. The standard InChI is InChI=1S/C12H14N3O3/c13-9-1-5-12(6-2-9)18-15(16)10-3-7-11(17-14)8-4-10/h1-7,11H,8,13-14H2/q-1. The summed E-state index contributed by atoms with van der Waals surface area (Å²) in [5.41, 5.74) is 6.55. The number of benzene rings is 1. The Morgan fingerprint density at radius 2 is 2.00 bits per heavy atom. The molecule has 0 fully saturated rings. The van der Waals surface area contributed by atoms with E-state index < -0.39 is 0 Å². The lowest BCUT2D eigenvalue weighted by Gasteiger charge is -2.31. The second-order valence-electron chi connectivity index (χ2n) is 3.82. The molecule has 0 saturated heterocycles. The molecule has 96 valence electrons. The lowest BCUT2D eigenvalue weighted by Crippen LogP contribution is -2.23. The van der Waals surface area contributed by atoms with Crippen LogP contribution in [0.25, 0.3) is 0 Å². The first-order valence-electron chi connectivity index (χ1n) is 5.43. The molecule has 0 heterocycles. The summed E-state index contributed by atoms with van der Waals surface area (Å²) in [7, 11) is 0. The van der Waals surface area contributed by atoms with Gasteiger partial charge in [0.05, 0.1) is 5.70 Å². The molecule has 1 atom stereocenters. The number of hydrogen-bond donors (Lipinski definition) is 2. The third-order valence-corrected chi connectivity index (χ3v) is 2.49. The number of hydrogen-bond acceptors (Lipinski definition) is 6. The van der Waals surface area contributed by atoms with Crippen molar-refractivity contribution in [1.29, 1.82) is 0 Å². The fourth-order valence-electron chi connectivity index (χ4n) is 1.50. The molecule has 0 bridgehead atoms. The monoisotopic (exact) mass is 248 g/mol. The van der Waals surface area contributed by atoms with E-state index in [0.29, 0.717) is 28.8 Å². The van der Waals surface area contributed by atoms with Crippen LogP contribution in [0.3, 0.4) is 0 Å². The second kappa shape index (κ2) is 5.54. The molecule has 1 aliphatic carbocycles. The van der Waals surface area contributed by atoms with Gasteiger partial charge in [0.25, 0.3) is 0 Å². The van der Waals surface area contributed by atoms with Crippen molar-refractivity contribution >= 4 is 5.69 Å². The van der Waals surface area contributed by atoms with E-state index in [4.69, 9.17) is 16.5 Å². The minimum atomic E-state index is -0.196. The van der Waals surface area contributed by atoms with Crippen LogP contribution in [0, 0.1) is 5.21 Å². The average Bonchev–Trinajstić information content (AvgIpc) is 2.41. The summed E-state index contributed by atoms with van der Waals surface area (Å²) >= 11 is 0. The van der Waals surface area contributed by atoms with Gasteiger partial charge in [-0.2, -0.15) is 0 Å². The molecule has 0 amide bonds. The molecule has 0 saturated carbocycles. The van der Waals surface area contributed by atoms with Crippen LogP contribution >= 0.6 is 0 Å². The zero-order valence-electron chi connectivity index (χ0n) is 9.65. The van der Waals surface area contributed by atoms with E-state index in [0.717, 1.165) is 0 Å². The predicted octanol–water partition coefficient (Wildman–Crippen LogP) is 1.47. The van der Waals surface area contributed by atoms with Gasteiger partial charge in [0.2, 0.25) is 0 Å². The molecule has 0 spiro atoms. The minimum Gasteiger partial charge on any atom is -0.724 e. The van der Waals surface area contributed by atoms with E-state index >= 15 is 0 Å². The van der Waals surface area contributed by atoms with Gasteiger partial charge in [0.15, 0.2) is 5.75 Å². The van der Waals surface area contributed by atoms with Crippen LogP contribution < -0.4 is 16.5 Å². The van der Waals surface area contributed by atoms with Crippen LogP contribution in [0.4, 0.5) is 5.69 Å². The Morgan fingerprint density at radius 1 is 1.28 bits per heavy atom. The van der Waals surface area contributed by atoms with Crippen molar-refractivity contribution in [2.75, 3.05) is 5.73 Å². The topological polar surface area (TPSA) is 96.8 Å². The smallest absolute Gasteiger partial charge is 0.154 e. The average molecular weight is 248 g/mol. The first-order chi connectivity index (χ1) is 8.69. The van der Waals surface area contributed by atoms with Gasteiger partial charge in [-0.15, -0.1) is 0 Å². The number of allylic oxidation sites excluding steroid dienone is 1. The maximum absolute atomic E-state index is 11.7. The van der Waals surface area contributed by atoms with Gasteiger partial charge in [0, 0.05) is 5.69 Å². The van der Waals surface area contributed by atoms with Gasteiger partial charge < -0.3 is 15.8 Å². The highest BCUT2D eigenvalue weighted by molar-refractivity contribution is 5.41. The predicted molar refractivity (Wildman–Crippen MR) is 67.6 cm³/mol.